The molecule has 0 radical (unpaired) electrons. The van der Waals surface area contributed by atoms with Crippen molar-refractivity contribution in [3.63, 3.8) is 0 Å². The first kappa shape index (κ1) is 10.0. The summed E-state index contributed by atoms with van der Waals surface area (Å²) in [5.41, 5.74) is 0. The zero-order valence-electron chi connectivity index (χ0n) is 8.05. The molecule has 2 nitrogen and oxygen atoms in total. The first-order chi connectivity index (χ1) is 5.83. The number of nitrogens with one attached hydrogen (secondary N) is 1. The van der Waals surface area contributed by atoms with Crippen LogP contribution in [0.5, 0.6) is 0 Å². The van der Waals surface area contributed by atoms with Gasteiger partial charge in [-0.15, -0.1) is 0 Å². The molecule has 1 unspecified atom stereocenters. The first-order valence-electron chi connectivity index (χ1n) is 5.17. The average Bonchev–Trinajstić information content (AvgIpc) is 2.84. The maximum absolute atomic E-state index is 8.61. The van der Waals surface area contributed by atoms with E-state index in [1.807, 2.05) is 0 Å². The molecule has 1 aliphatic carbocycles. The Morgan fingerprint density at radius 2 is 2.25 bits per heavy atom. The van der Waals surface area contributed by atoms with Crippen molar-refractivity contribution in [3.8, 4) is 0 Å². The minimum Gasteiger partial charge on any atom is -0.396 e. The van der Waals surface area contributed by atoms with Gasteiger partial charge < -0.3 is 10.4 Å². The lowest BCUT2D eigenvalue weighted by molar-refractivity contribution is 0.276. The summed E-state index contributed by atoms with van der Waals surface area (Å²) in [5, 5.41) is 12.1. The third-order valence-electron chi connectivity index (χ3n) is 2.54. The molecule has 0 saturated heterocycles. The van der Waals surface area contributed by atoms with Crippen LogP contribution in [0.15, 0.2) is 0 Å². The fourth-order valence-corrected chi connectivity index (χ4v) is 1.44. The van der Waals surface area contributed by atoms with Gasteiger partial charge in [0.2, 0.25) is 0 Å². The van der Waals surface area contributed by atoms with Crippen LogP contribution in [0.3, 0.4) is 0 Å². The molecule has 1 atom stereocenters. The van der Waals surface area contributed by atoms with Gasteiger partial charge in [0.15, 0.2) is 0 Å². The summed E-state index contributed by atoms with van der Waals surface area (Å²) in [7, 11) is 0. The number of aliphatic hydroxyl groups excluding tert-OH is 1. The van der Waals surface area contributed by atoms with E-state index in [4.69, 9.17) is 5.11 Å². The molecule has 1 saturated carbocycles. The van der Waals surface area contributed by atoms with Crippen molar-refractivity contribution < 1.29 is 5.11 Å². The number of rotatable bonds is 7. The Balaban J connectivity index is 1.83. The summed E-state index contributed by atoms with van der Waals surface area (Å²) in [4.78, 5) is 0. The van der Waals surface area contributed by atoms with Crippen molar-refractivity contribution in [1.29, 1.82) is 0 Å². The van der Waals surface area contributed by atoms with Crippen molar-refractivity contribution in [1.82, 2.24) is 5.32 Å². The van der Waals surface area contributed by atoms with Crippen molar-refractivity contribution in [2.45, 2.75) is 45.1 Å². The van der Waals surface area contributed by atoms with Crippen LogP contribution in [-0.4, -0.2) is 24.3 Å². The van der Waals surface area contributed by atoms with E-state index in [2.05, 4.69) is 12.2 Å². The van der Waals surface area contributed by atoms with E-state index in [0.717, 1.165) is 25.3 Å². The molecule has 0 amide bonds. The largest absolute Gasteiger partial charge is 0.396 e. The van der Waals surface area contributed by atoms with Gasteiger partial charge in [0.25, 0.3) is 0 Å². The van der Waals surface area contributed by atoms with E-state index in [1.165, 1.54) is 19.3 Å². The fraction of sp³-hybridized carbons (Fsp3) is 1.00. The van der Waals surface area contributed by atoms with Gasteiger partial charge in [-0.2, -0.15) is 0 Å². The number of hydrogen-bond donors (Lipinski definition) is 2. The van der Waals surface area contributed by atoms with Crippen LogP contribution in [0.25, 0.3) is 0 Å². The molecule has 2 heteroatoms. The maximum Gasteiger partial charge on any atom is 0.0431 e. The van der Waals surface area contributed by atoms with Crippen LogP contribution in [0.4, 0.5) is 0 Å². The molecule has 12 heavy (non-hydrogen) atoms. The van der Waals surface area contributed by atoms with E-state index in [0.29, 0.717) is 12.6 Å². The normalized spacial score (nSPS) is 19.5. The van der Waals surface area contributed by atoms with Crippen LogP contribution < -0.4 is 5.32 Å². The zero-order valence-corrected chi connectivity index (χ0v) is 8.05. The molecule has 72 valence electrons. The van der Waals surface area contributed by atoms with Crippen molar-refractivity contribution >= 4 is 0 Å². The van der Waals surface area contributed by atoms with Crippen molar-refractivity contribution in [2.75, 3.05) is 13.2 Å². The molecule has 2 N–H and O–H groups in total. The van der Waals surface area contributed by atoms with Gasteiger partial charge >= 0.3 is 0 Å². The van der Waals surface area contributed by atoms with Gasteiger partial charge in [-0.1, -0.05) is 12.8 Å². The quantitative estimate of drug-likeness (QED) is 0.609. The van der Waals surface area contributed by atoms with Gasteiger partial charge in [-0.25, -0.2) is 0 Å². The summed E-state index contributed by atoms with van der Waals surface area (Å²) in [5.74, 6) is 1.03. The lowest BCUT2D eigenvalue weighted by atomic mass is 10.2. The molecule has 0 aromatic rings. The molecule has 0 spiro atoms. The van der Waals surface area contributed by atoms with E-state index in [9.17, 15) is 0 Å². The summed E-state index contributed by atoms with van der Waals surface area (Å²) in [6.07, 6.45) is 6.28. The van der Waals surface area contributed by atoms with Crippen LogP contribution in [-0.2, 0) is 0 Å². The highest BCUT2D eigenvalue weighted by Gasteiger charge is 2.20. The van der Waals surface area contributed by atoms with Crippen LogP contribution in [0, 0.1) is 5.92 Å². The Bertz CT molecular complexity index is 112. The van der Waals surface area contributed by atoms with Gasteiger partial charge in [0.05, 0.1) is 0 Å². The molecular weight excluding hydrogens is 150 g/mol. The minimum atomic E-state index is 0.328. The predicted octanol–water partition coefficient (Wildman–Crippen LogP) is 1.54. The van der Waals surface area contributed by atoms with E-state index < -0.39 is 0 Å². The molecule has 0 aliphatic heterocycles. The van der Waals surface area contributed by atoms with Crippen LogP contribution >= 0.6 is 0 Å². The monoisotopic (exact) mass is 171 g/mol. The summed E-state index contributed by atoms with van der Waals surface area (Å²) in [6.45, 7) is 3.69. The Morgan fingerprint density at radius 1 is 1.50 bits per heavy atom. The topological polar surface area (TPSA) is 32.3 Å². The first-order valence-corrected chi connectivity index (χ1v) is 5.17. The predicted molar refractivity (Wildman–Crippen MR) is 51.1 cm³/mol. The Hall–Kier alpha value is -0.0800. The molecule has 0 aromatic heterocycles. The van der Waals surface area contributed by atoms with Crippen molar-refractivity contribution in [2.24, 2.45) is 5.92 Å². The lowest BCUT2D eigenvalue weighted by Crippen LogP contribution is -2.27. The van der Waals surface area contributed by atoms with E-state index >= 15 is 0 Å². The second-order valence-corrected chi connectivity index (χ2v) is 3.95. The Kier molecular flexibility index (Phi) is 4.62. The third kappa shape index (κ3) is 4.73. The molecule has 1 fully saturated rings. The molecule has 0 aromatic carbocycles. The third-order valence-corrected chi connectivity index (χ3v) is 2.54. The molecule has 1 rings (SSSR count). The van der Waals surface area contributed by atoms with E-state index in [-0.39, 0.29) is 0 Å². The molecule has 0 bridgehead atoms. The zero-order chi connectivity index (χ0) is 8.81. The number of aliphatic hydroxyl groups is 1. The molecule has 0 heterocycles. The molecular formula is C10H21NO. The summed E-state index contributed by atoms with van der Waals surface area (Å²) >= 11 is 0. The average molecular weight is 171 g/mol. The highest BCUT2D eigenvalue weighted by molar-refractivity contribution is 4.74. The highest BCUT2D eigenvalue weighted by Crippen LogP contribution is 2.31. The van der Waals surface area contributed by atoms with Gasteiger partial charge in [-0.3, -0.25) is 0 Å². The fourth-order valence-electron chi connectivity index (χ4n) is 1.44. The Labute approximate surface area is 75.4 Å². The summed E-state index contributed by atoms with van der Waals surface area (Å²) in [6, 6.07) is 0.580. The van der Waals surface area contributed by atoms with Gasteiger partial charge in [0.1, 0.15) is 0 Å². The van der Waals surface area contributed by atoms with E-state index in [1.54, 1.807) is 0 Å². The standard InChI is InChI=1S/C10H21NO/c1-9(3-2-8-12)11-7-6-10-4-5-10/h9-12H,2-8H2,1H3. The van der Waals surface area contributed by atoms with Gasteiger partial charge in [0, 0.05) is 12.6 Å². The Morgan fingerprint density at radius 3 is 2.83 bits per heavy atom. The SMILES string of the molecule is CC(CCCO)NCCC1CC1. The second kappa shape index (κ2) is 5.55. The summed E-state index contributed by atoms with van der Waals surface area (Å²) < 4.78 is 0. The van der Waals surface area contributed by atoms with Crippen LogP contribution in [0.1, 0.15) is 39.0 Å². The second-order valence-electron chi connectivity index (χ2n) is 3.95. The lowest BCUT2D eigenvalue weighted by Gasteiger charge is -2.12. The van der Waals surface area contributed by atoms with Gasteiger partial charge in [-0.05, 0) is 38.6 Å². The maximum atomic E-state index is 8.61. The number of hydrogen-bond acceptors (Lipinski definition) is 2. The van der Waals surface area contributed by atoms with Crippen molar-refractivity contribution in [3.05, 3.63) is 0 Å². The highest BCUT2D eigenvalue weighted by atomic mass is 16.2. The smallest absolute Gasteiger partial charge is 0.0431 e. The molecule has 1 aliphatic rings. The minimum absolute atomic E-state index is 0.328. The van der Waals surface area contributed by atoms with Crippen LogP contribution in [0.2, 0.25) is 0 Å².